The second-order valence-electron chi connectivity index (χ2n) is 19.0. The largest absolute Gasteiger partial charge is 0.256 e. The van der Waals surface area contributed by atoms with Crippen molar-refractivity contribution >= 4 is 0 Å². The molecule has 0 N–H and O–H groups in total. The van der Waals surface area contributed by atoms with Crippen molar-refractivity contribution < 1.29 is 2.74 Å². The summed E-state index contributed by atoms with van der Waals surface area (Å²) in [7, 11) is 0. The molecule has 0 aliphatic heterocycles. The Labute approximate surface area is 428 Å². The lowest BCUT2D eigenvalue weighted by molar-refractivity contribution is 0.838. The third-order valence-electron chi connectivity index (χ3n) is 13.6. The molecule has 0 aliphatic carbocycles. The number of nitrogens with zero attached hydrogens (tertiary/aromatic N) is 4. The normalized spacial score (nSPS) is 11.9. The number of hydrogen-bond acceptors (Lipinski definition) is 4. The number of hydrogen-bond donors (Lipinski definition) is 0. The zero-order chi connectivity index (χ0) is 51.2. The first-order chi connectivity index (χ1) is 35.9. The van der Waals surface area contributed by atoms with Gasteiger partial charge in [0.05, 0.1) is 28.7 Å². The molecule has 4 nitrogen and oxygen atoms in total. The van der Waals surface area contributed by atoms with Gasteiger partial charge in [0, 0.05) is 38.0 Å². The topological polar surface area (TPSA) is 62.5 Å². The average molecular weight is 933 g/mol. The number of aromatic nitrogens is 3. The monoisotopic (exact) mass is 932 g/mol. The Morgan fingerprint density at radius 3 is 1.42 bits per heavy atom. The summed E-state index contributed by atoms with van der Waals surface area (Å²) in [6.07, 6.45) is 9.07. The summed E-state index contributed by atoms with van der Waals surface area (Å²) < 4.78 is 18.2. The molecule has 0 unspecified atom stereocenters. The Hall–Kier alpha value is -8.52. The molecule has 0 atom stereocenters. The van der Waals surface area contributed by atoms with E-state index in [-0.39, 0.29) is 0 Å². The van der Waals surface area contributed by atoms with E-state index in [1.807, 2.05) is 131 Å². The maximum absolute atomic E-state index is 9.82. The highest BCUT2D eigenvalue weighted by molar-refractivity contribution is 5.94. The smallest absolute Gasteiger partial charge is 0.0991 e. The second-order valence-corrected chi connectivity index (χ2v) is 19.0. The van der Waals surface area contributed by atoms with E-state index in [4.69, 9.17) is 7.73 Å². The molecule has 4 heteroatoms. The number of rotatable bonds is 15. The van der Waals surface area contributed by atoms with Crippen LogP contribution in [-0.2, 0) is 25.7 Å². The molecule has 0 saturated heterocycles. The highest BCUT2D eigenvalue weighted by Gasteiger charge is 2.19. The minimum absolute atomic E-state index is 0.600. The van der Waals surface area contributed by atoms with Crippen LogP contribution in [-0.4, -0.2) is 15.0 Å². The molecule has 10 rings (SSSR count). The molecule has 0 aliphatic rings. The predicted molar refractivity (Wildman–Crippen MR) is 298 cm³/mol. The first-order valence-electron chi connectivity index (χ1n) is 25.9. The van der Waals surface area contributed by atoms with Gasteiger partial charge in [-0.25, -0.2) is 0 Å². The molecule has 0 bridgehead atoms. The highest BCUT2D eigenvalue weighted by atomic mass is 14.7. The lowest BCUT2D eigenvalue weighted by atomic mass is 9.84. The first-order valence-corrected chi connectivity index (χ1v) is 24.9. The Morgan fingerprint density at radius 2 is 0.875 bits per heavy atom. The minimum Gasteiger partial charge on any atom is -0.256 e. The average Bonchev–Trinajstić information content (AvgIpc) is 3.44. The molecule has 0 spiro atoms. The van der Waals surface area contributed by atoms with Gasteiger partial charge in [0.25, 0.3) is 0 Å². The summed E-state index contributed by atoms with van der Waals surface area (Å²) in [6.45, 7) is 7.61. The van der Waals surface area contributed by atoms with E-state index in [1.54, 1.807) is 0 Å². The Bertz CT molecular complexity index is 3470. The van der Waals surface area contributed by atoms with E-state index < -0.39 is 11.8 Å². The van der Waals surface area contributed by atoms with Crippen molar-refractivity contribution in [1.82, 2.24) is 15.0 Å². The zero-order valence-electron chi connectivity index (χ0n) is 43.4. The molecule has 10 aromatic rings. The van der Waals surface area contributed by atoms with Crippen LogP contribution in [0.1, 0.15) is 81.2 Å². The van der Waals surface area contributed by atoms with Crippen LogP contribution < -0.4 is 0 Å². The fourth-order valence-corrected chi connectivity index (χ4v) is 9.85. The van der Waals surface area contributed by atoms with Crippen LogP contribution in [0.2, 0.25) is 0 Å². The lowest BCUT2D eigenvalue weighted by Gasteiger charge is -2.20. The van der Waals surface area contributed by atoms with E-state index in [2.05, 4.69) is 131 Å². The van der Waals surface area contributed by atoms with E-state index >= 15 is 0 Å². The van der Waals surface area contributed by atoms with E-state index in [0.29, 0.717) is 5.56 Å². The van der Waals surface area contributed by atoms with Gasteiger partial charge >= 0.3 is 0 Å². The number of pyridine rings is 3. The summed E-state index contributed by atoms with van der Waals surface area (Å²) in [5, 5.41) is 9.82. The number of nitriles is 1. The molecule has 0 amide bonds. The van der Waals surface area contributed by atoms with Gasteiger partial charge in [0.15, 0.2) is 0 Å². The molecule has 350 valence electrons. The number of benzene rings is 7. The molecule has 3 heterocycles. The van der Waals surface area contributed by atoms with Crippen LogP contribution in [0.25, 0.3) is 78.3 Å². The van der Waals surface area contributed by atoms with Gasteiger partial charge in [0.1, 0.15) is 0 Å². The zero-order valence-corrected chi connectivity index (χ0v) is 41.4. The lowest BCUT2D eigenvalue weighted by Crippen LogP contribution is -2.00. The molecule has 0 saturated carbocycles. The van der Waals surface area contributed by atoms with Crippen LogP contribution in [0.5, 0.6) is 0 Å². The standard InChI is InChI=1S/C68H58N4/c1-46(2)59-14-11-15-60(47(3)4)68(59)57-36-39-72-67(44-57)56-34-35-63(64(43-56)53-28-26-50(45-69)27-29-53)62-13-6-5-12-61(62)58-41-51(20-18-48-22-30-54(31-23-48)65-16-7-9-37-70-65)40-52(42-58)21-19-49-24-32-55(33-25-49)66-17-8-10-38-71-66/h5-17,22-44,46-47H,18-21H2,1-4H3/i46D,47D. The van der Waals surface area contributed by atoms with Crippen molar-refractivity contribution in [2.75, 3.05) is 0 Å². The van der Waals surface area contributed by atoms with Crippen molar-refractivity contribution in [2.45, 2.75) is 65.2 Å². The maximum atomic E-state index is 9.82. The van der Waals surface area contributed by atoms with Gasteiger partial charge in [-0.15, -0.1) is 0 Å². The van der Waals surface area contributed by atoms with Gasteiger partial charge in [-0.1, -0.05) is 173 Å². The third kappa shape index (κ3) is 10.6. The van der Waals surface area contributed by atoms with Gasteiger partial charge in [-0.3, -0.25) is 15.0 Å². The fraction of sp³-hybridized carbons (Fsp3) is 0.147. The van der Waals surface area contributed by atoms with Gasteiger partial charge in [-0.05, 0) is 170 Å². The van der Waals surface area contributed by atoms with Crippen LogP contribution in [0, 0.1) is 11.3 Å². The van der Waals surface area contributed by atoms with Crippen molar-refractivity contribution in [3.05, 3.63) is 258 Å². The minimum atomic E-state index is -0.890. The third-order valence-corrected chi connectivity index (χ3v) is 13.6. The first kappa shape index (κ1) is 44.7. The summed E-state index contributed by atoms with van der Waals surface area (Å²) >= 11 is 0. The van der Waals surface area contributed by atoms with Gasteiger partial charge in [-0.2, -0.15) is 5.26 Å². The Morgan fingerprint density at radius 1 is 0.375 bits per heavy atom. The van der Waals surface area contributed by atoms with Gasteiger partial charge < -0.3 is 0 Å². The SMILES string of the molecule is [2H]C(C)(C)c1cccc(C([2H])(C)C)c1-c1ccnc(-c2ccc(-c3ccccc3-c3cc(CCc4ccc(-c5ccccn5)cc4)cc(CCc4ccc(-c5ccccn5)cc4)c3)c(-c3ccc(C#N)cc3)c2)c1. The highest BCUT2D eigenvalue weighted by Crippen LogP contribution is 2.42. The summed E-state index contributed by atoms with van der Waals surface area (Å²) in [5.41, 5.74) is 21.7. The summed E-state index contributed by atoms with van der Waals surface area (Å²) in [6, 6.07) is 72.3. The molecule has 7 aromatic carbocycles. The Kier molecular flexibility index (Phi) is 13.4. The van der Waals surface area contributed by atoms with Crippen molar-refractivity contribution in [1.29, 1.82) is 5.26 Å². The maximum Gasteiger partial charge on any atom is 0.0991 e. The second kappa shape index (κ2) is 21.6. The van der Waals surface area contributed by atoms with E-state index in [9.17, 15) is 5.26 Å². The molecule has 0 radical (unpaired) electrons. The summed E-state index contributed by atoms with van der Waals surface area (Å²) in [4.78, 5) is 14.1. The van der Waals surface area contributed by atoms with Crippen molar-refractivity contribution in [2.24, 2.45) is 0 Å². The quantitative estimate of drug-likeness (QED) is 0.103. The van der Waals surface area contributed by atoms with Crippen LogP contribution in [0.4, 0.5) is 0 Å². The van der Waals surface area contributed by atoms with Crippen LogP contribution in [0.15, 0.2) is 219 Å². The molecule has 72 heavy (non-hydrogen) atoms. The van der Waals surface area contributed by atoms with E-state index in [0.717, 1.165) is 115 Å². The number of aryl methyl sites for hydroxylation is 4. The molecular formula is C68H58N4. The summed E-state index contributed by atoms with van der Waals surface area (Å²) in [5.74, 6) is -1.78. The fourth-order valence-electron chi connectivity index (χ4n) is 9.85. The van der Waals surface area contributed by atoms with Crippen molar-refractivity contribution in [3.8, 4) is 84.3 Å². The van der Waals surface area contributed by atoms with Gasteiger partial charge in [0.2, 0.25) is 0 Å². The predicted octanol–water partition coefficient (Wildman–Crippen LogP) is 17.2. The van der Waals surface area contributed by atoms with Crippen LogP contribution >= 0.6 is 0 Å². The molecule has 3 aromatic heterocycles. The van der Waals surface area contributed by atoms with Crippen LogP contribution in [0.3, 0.4) is 0 Å². The molecule has 0 fully saturated rings. The molecular weight excluding hydrogens is 873 g/mol. The van der Waals surface area contributed by atoms with E-state index in [1.165, 1.54) is 22.3 Å². The van der Waals surface area contributed by atoms with Crippen molar-refractivity contribution in [3.63, 3.8) is 0 Å². The Balaban J connectivity index is 1.04.